The molecule has 1 heterocycles. The molecule has 0 bridgehead atoms. The molecular formula is C21H27N3O2. The summed E-state index contributed by atoms with van der Waals surface area (Å²) in [5, 5.41) is 6.06. The minimum atomic E-state index is -0.143. The van der Waals surface area contributed by atoms with Crippen LogP contribution >= 0.6 is 0 Å². The Morgan fingerprint density at radius 3 is 2.19 bits per heavy atom. The molecule has 2 aromatic rings. The van der Waals surface area contributed by atoms with Crippen LogP contribution in [0.15, 0.2) is 60.7 Å². The van der Waals surface area contributed by atoms with E-state index in [0.717, 1.165) is 31.9 Å². The number of benzene rings is 2. The molecule has 0 aliphatic carbocycles. The first-order valence-electron chi connectivity index (χ1n) is 9.20. The first kappa shape index (κ1) is 18.4. The molecule has 1 aliphatic heterocycles. The van der Waals surface area contributed by atoms with E-state index in [1.807, 2.05) is 55.5 Å². The third-order valence-corrected chi connectivity index (χ3v) is 4.77. The van der Waals surface area contributed by atoms with Gasteiger partial charge in [0.25, 0.3) is 0 Å². The summed E-state index contributed by atoms with van der Waals surface area (Å²) in [6.45, 7) is 5.79. The van der Waals surface area contributed by atoms with Crippen molar-refractivity contribution in [3.63, 3.8) is 0 Å². The van der Waals surface area contributed by atoms with Crippen LogP contribution in [0.3, 0.4) is 0 Å². The zero-order chi connectivity index (χ0) is 18.2. The molecule has 2 N–H and O–H groups in total. The average Bonchev–Trinajstić information content (AvgIpc) is 2.70. The van der Waals surface area contributed by atoms with E-state index in [1.165, 1.54) is 5.56 Å². The highest BCUT2D eigenvalue weighted by Gasteiger charge is 2.23. The molecule has 26 heavy (non-hydrogen) atoms. The Bertz CT molecular complexity index is 672. The third kappa shape index (κ3) is 5.07. The smallest absolute Gasteiger partial charge is 0.315 e. The summed E-state index contributed by atoms with van der Waals surface area (Å²) in [4.78, 5) is 14.8. The Kier molecular flexibility index (Phi) is 6.63. The number of urea groups is 1. The van der Waals surface area contributed by atoms with Crippen LogP contribution in [-0.4, -0.2) is 43.8 Å². The number of hydrogen-bond donors (Lipinski definition) is 2. The molecule has 0 unspecified atom stereocenters. The molecule has 0 aromatic heterocycles. The largest absolute Gasteiger partial charge is 0.379 e. The Morgan fingerprint density at radius 2 is 1.58 bits per heavy atom. The van der Waals surface area contributed by atoms with Crippen molar-refractivity contribution in [2.24, 2.45) is 0 Å². The van der Waals surface area contributed by atoms with Gasteiger partial charge in [0.05, 0.1) is 25.3 Å². The van der Waals surface area contributed by atoms with E-state index in [9.17, 15) is 4.79 Å². The van der Waals surface area contributed by atoms with Crippen molar-refractivity contribution < 1.29 is 9.53 Å². The van der Waals surface area contributed by atoms with Crippen molar-refractivity contribution in [2.45, 2.75) is 19.0 Å². The predicted molar refractivity (Wildman–Crippen MR) is 103 cm³/mol. The molecule has 5 nitrogen and oxygen atoms in total. The summed E-state index contributed by atoms with van der Waals surface area (Å²) in [6.07, 6.45) is 0. The second kappa shape index (κ2) is 9.36. The van der Waals surface area contributed by atoms with Gasteiger partial charge >= 0.3 is 6.03 Å². The third-order valence-electron chi connectivity index (χ3n) is 4.77. The van der Waals surface area contributed by atoms with Crippen LogP contribution in [0.2, 0.25) is 0 Å². The molecule has 5 heteroatoms. The maximum absolute atomic E-state index is 12.4. The Labute approximate surface area is 155 Å². The summed E-state index contributed by atoms with van der Waals surface area (Å²) in [7, 11) is 0. The number of nitrogens with zero attached hydrogens (tertiary/aromatic N) is 1. The Balaban J connectivity index is 1.59. The van der Waals surface area contributed by atoms with Crippen LogP contribution in [-0.2, 0) is 4.74 Å². The van der Waals surface area contributed by atoms with Gasteiger partial charge in [-0.3, -0.25) is 4.90 Å². The van der Waals surface area contributed by atoms with E-state index in [0.29, 0.717) is 6.54 Å². The second-order valence-electron chi connectivity index (χ2n) is 6.56. The van der Waals surface area contributed by atoms with Gasteiger partial charge in [-0.2, -0.15) is 0 Å². The van der Waals surface area contributed by atoms with Gasteiger partial charge < -0.3 is 15.4 Å². The van der Waals surface area contributed by atoms with Gasteiger partial charge in [0, 0.05) is 19.6 Å². The number of carbonyl (C=O) groups excluding carboxylic acids is 1. The Hall–Kier alpha value is -2.37. The van der Waals surface area contributed by atoms with Crippen molar-refractivity contribution >= 4 is 6.03 Å². The maximum Gasteiger partial charge on any atom is 0.315 e. The van der Waals surface area contributed by atoms with E-state index in [2.05, 4.69) is 27.7 Å². The average molecular weight is 353 g/mol. The van der Waals surface area contributed by atoms with Crippen molar-refractivity contribution in [1.82, 2.24) is 15.5 Å². The molecule has 2 atom stereocenters. The summed E-state index contributed by atoms with van der Waals surface area (Å²) in [6, 6.07) is 20.3. The lowest BCUT2D eigenvalue weighted by molar-refractivity contribution is 0.0167. The fourth-order valence-electron chi connectivity index (χ4n) is 3.28. The maximum atomic E-state index is 12.4. The molecule has 0 saturated carbocycles. The topological polar surface area (TPSA) is 53.6 Å². The second-order valence-corrected chi connectivity index (χ2v) is 6.56. The molecule has 0 spiro atoms. The molecule has 138 valence electrons. The van der Waals surface area contributed by atoms with Gasteiger partial charge in [0.15, 0.2) is 0 Å². The quantitative estimate of drug-likeness (QED) is 0.839. The standard InChI is InChI=1S/C21H27N3O2/c1-17(18-8-4-2-5-9-18)23-21(25)22-16-20(19-10-6-3-7-11-19)24-12-14-26-15-13-24/h2-11,17,20H,12-16H2,1H3,(H2,22,23,25)/t17-,20-/m0/s1. The molecule has 1 fully saturated rings. The van der Waals surface area contributed by atoms with E-state index >= 15 is 0 Å². The number of ether oxygens (including phenoxy) is 1. The number of amides is 2. The van der Waals surface area contributed by atoms with Crippen molar-refractivity contribution in [3.05, 3.63) is 71.8 Å². The lowest BCUT2D eigenvalue weighted by Crippen LogP contribution is -2.46. The number of rotatable bonds is 6. The van der Waals surface area contributed by atoms with Crippen molar-refractivity contribution in [3.8, 4) is 0 Å². The highest BCUT2D eigenvalue weighted by Crippen LogP contribution is 2.21. The number of morpholine rings is 1. The minimum absolute atomic E-state index is 0.0326. The molecule has 1 aliphatic rings. The van der Waals surface area contributed by atoms with E-state index < -0.39 is 0 Å². The van der Waals surface area contributed by atoms with Crippen molar-refractivity contribution in [1.29, 1.82) is 0 Å². The molecule has 2 amide bonds. The van der Waals surface area contributed by atoms with Crippen LogP contribution in [0, 0.1) is 0 Å². The van der Waals surface area contributed by atoms with Gasteiger partial charge in [-0.25, -0.2) is 4.79 Å². The number of carbonyl (C=O) groups is 1. The molecule has 3 rings (SSSR count). The van der Waals surface area contributed by atoms with Crippen LogP contribution in [0.1, 0.15) is 30.1 Å². The first-order chi connectivity index (χ1) is 12.7. The summed E-state index contributed by atoms with van der Waals surface area (Å²) < 4.78 is 5.47. The van der Waals surface area contributed by atoms with Gasteiger partial charge in [0.2, 0.25) is 0 Å². The Morgan fingerprint density at radius 1 is 1.00 bits per heavy atom. The van der Waals surface area contributed by atoms with E-state index in [-0.39, 0.29) is 18.1 Å². The van der Waals surface area contributed by atoms with E-state index in [4.69, 9.17) is 4.74 Å². The monoisotopic (exact) mass is 353 g/mol. The fourth-order valence-corrected chi connectivity index (χ4v) is 3.28. The highest BCUT2D eigenvalue weighted by atomic mass is 16.5. The first-order valence-corrected chi connectivity index (χ1v) is 9.20. The lowest BCUT2D eigenvalue weighted by Gasteiger charge is -2.35. The van der Waals surface area contributed by atoms with Crippen molar-refractivity contribution in [2.75, 3.05) is 32.8 Å². The molecule has 1 saturated heterocycles. The minimum Gasteiger partial charge on any atom is -0.379 e. The van der Waals surface area contributed by atoms with Crippen LogP contribution in [0.5, 0.6) is 0 Å². The SMILES string of the molecule is C[C@H](NC(=O)NC[C@@H](c1ccccc1)N1CCOCC1)c1ccccc1. The predicted octanol–water partition coefficient (Wildman–Crippen LogP) is 3.12. The zero-order valence-electron chi connectivity index (χ0n) is 15.2. The van der Waals surface area contributed by atoms with Crippen LogP contribution in [0.25, 0.3) is 0 Å². The summed E-state index contributed by atoms with van der Waals surface area (Å²) >= 11 is 0. The molecular weight excluding hydrogens is 326 g/mol. The molecule has 0 radical (unpaired) electrons. The van der Waals surface area contributed by atoms with Crippen LogP contribution in [0.4, 0.5) is 4.79 Å². The van der Waals surface area contributed by atoms with E-state index in [1.54, 1.807) is 0 Å². The lowest BCUT2D eigenvalue weighted by atomic mass is 10.0. The van der Waals surface area contributed by atoms with Gasteiger partial charge in [0.1, 0.15) is 0 Å². The van der Waals surface area contributed by atoms with Gasteiger partial charge in [-0.1, -0.05) is 60.7 Å². The normalized spacial score (nSPS) is 17.3. The summed E-state index contributed by atoms with van der Waals surface area (Å²) in [5.41, 5.74) is 2.31. The molecule has 2 aromatic carbocycles. The van der Waals surface area contributed by atoms with Crippen LogP contribution < -0.4 is 10.6 Å². The fraction of sp³-hybridized carbons (Fsp3) is 0.381. The van der Waals surface area contributed by atoms with Gasteiger partial charge in [-0.15, -0.1) is 0 Å². The zero-order valence-corrected chi connectivity index (χ0v) is 15.2. The highest BCUT2D eigenvalue weighted by molar-refractivity contribution is 5.74. The number of nitrogens with one attached hydrogen (secondary N) is 2. The summed E-state index contributed by atoms with van der Waals surface area (Å²) in [5.74, 6) is 0. The van der Waals surface area contributed by atoms with Gasteiger partial charge in [-0.05, 0) is 18.1 Å². The number of hydrogen-bond acceptors (Lipinski definition) is 3.